The maximum absolute atomic E-state index is 12.5. The van der Waals surface area contributed by atoms with Crippen LogP contribution in [-0.2, 0) is 10.0 Å². The van der Waals surface area contributed by atoms with Crippen molar-refractivity contribution in [3.63, 3.8) is 0 Å². The lowest BCUT2D eigenvalue weighted by molar-refractivity contribution is 0.349. The molecule has 108 valence electrons. The van der Waals surface area contributed by atoms with Crippen LogP contribution in [0, 0.1) is 5.41 Å². The lowest BCUT2D eigenvalue weighted by Crippen LogP contribution is -2.34. The van der Waals surface area contributed by atoms with Crippen LogP contribution in [0.2, 0.25) is 0 Å². The van der Waals surface area contributed by atoms with Crippen molar-refractivity contribution in [2.24, 2.45) is 11.1 Å². The molecule has 1 aromatic rings. The summed E-state index contributed by atoms with van der Waals surface area (Å²) in [5.74, 6) is 0. The van der Waals surface area contributed by atoms with Gasteiger partial charge in [-0.15, -0.1) is 12.4 Å². The summed E-state index contributed by atoms with van der Waals surface area (Å²) >= 11 is 3.30. The molecular weight excluding hydrogens is 352 g/mol. The maximum Gasteiger partial charge on any atom is 0.243 e. The maximum atomic E-state index is 12.5. The third kappa shape index (κ3) is 3.49. The highest BCUT2D eigenvalue weighted by Crippen LogP contribution is 2.32. The molecule has 1 saturated heterocycles. The van der Waals surface area contributed by atoms with Crippen LogP contribution < -0.4 is 5.73 Å². The van der Waals surface area contributed by atoms with Gasteiger partial charge in [0.15, 0.2) is 0 Å². The number of rotatable bonds is 3. The summed E-state index contributed by atoms with van der Waals surface area (Å²) in [5.41, 5.74) is 5.61. The van der Waals surface area contributed by atoms with E-state index in [0.29, 0.717) is 24.5 Å². The van der Waals surface area contributed by atoms with Gasteiger partial charge >= 0.3 is 0 Å². The largest absolute Gasteiger partial charge is 0.330 e. The fourth-order valence-corrected chi connectivity index (χ4v) is 4.32. The van der Waals surface area contributed by atoms with Gasteiger partial charge in [0.05, 0.1) is 4.90 Å². The molecule has 2 N–H and O–H groups in total. The van der Waals surface area contributed by atoms with E-state index >= 15 is 0 Å². The van der Waals surface area contributed by atoms with E-state index in [1.807, 2.05) is 13.0 Å². The van der Waals surface area contributed by atoms with E-state index in [9.17, 15) is 8.42 Å². The number of benzene rings is 1. The van der Waals surface area contributed by atoms with E-state index in [-0.39, 0.29) is 17.8 Å². The van der Waals surface area contributed by atoms with Gasteiger partial charge < -0.3 is 5.73 Å². The van der Waals surface area contributed by atoms with Gasteiger partial charge in [0.1, 0.15) is 0 Å². The second kappa shape index (κ2) is 6.10. The Morgan fingerprint density at radius 1 is 1.47 bits per heavy atom. The first-order chi connectivity index (χ1) is 8.37. The monoisotopic (exact) mass is 368 g/mol. The Labute approximate surface area is 128 Å². The Balaban J connectivity index is 0.00000180. The van der Waals surface area contributed by atoms with Gasteiger partial charge in [-0.2, -0.15) is 4.31 Å². The van der Waals surface area contributed by atoms with Gasteiger partial charge in [0.25, 0.3) is 0 Å². The lowest BCUT2D eigenvalue weighted by atomic mass is 9.90. The highest BCUT2D eigenvalue weighted by molar-refractivity contribution is 9.10. The quantitative estimate of drug-likeness (QED) is 0.888. The SMILES string of the molecule is CC1(CN)CCN(S(=O)(=O)c2cccc(Br)c2)C1.Cl. The highest BCUT2D eigenvalue weighted by atomic mass is 79.9. The summed E-state index contributed by atoms with van der Waals surface area (Å²) in [6.45, 7) is 3.59. The Morgan fingerprint density at radius 2 is 2.16 bits per heavy atom. The molecule has 0 aliphatic carbocycles. The summed E-state index contributed by atoms with van der Waals surface area (Å²) in [4.78, 5) is 0.332. The predicted octanol–water partition coefficient (Wildman–Crippen LogP) is 2.23. The number of sulfonamides is 1. The number of hydrogen-bond donors (Lipinski definition) is 1. The summed E-state index contributed by atoms with van der Waals surface area (Å²) in [6.07, 6.45) is 0.816. The zero-order valence-electron chi connectivity index (χ0n) is 10.7. The van der Waals surface area contributed by atoms with Crippen LogP contribution in [0.1, 0.15) is 13.3 Å². The Kier molecular flexibility index (Phi) is 5.43. The molecule has 1 heterocycles. The fraction of sp³-hybridized carbons (Fsp3) is 0.500. The smallest absolute Gasteiger partial charge is 0.243 e. The van der Waals surface area contributed by atoms with Crippen molar-refractivity contribution < 1.29 is 8.42 Å². The van der Waals surface area contributed by atoms with Crippen molar-refractivity contribution in [3.05, 3.63) is 28.7 Å². The first-order valence-electron chi connectivity index (χ1n) is 5.83. The van der Waals surface area contributed by atoms with E-state index in [0.717, 1.165) is 10.9 Å². The molecule has 4 nitrogen and oxygen atoms in total. The van der Waals surface area contributed by atoms with Gasteiger partial charge in [0, 0.05) is 17.6 Å². The third-order valence-corrected chi connectivity index (χ3v) is 5.78. The van der Waals surface area contributed by atoms with E-state index in [2.05, 4.69) is 15.9 Å². The average molecular weight is 370 g/mol. The Morgan fingerprint density at radius 3 is 2.68 bits per heavy atom. The average Bonchev–Trinajstić information content (AvgIpc) is 2.73. The second-order valence-electron chi connectivity index (χ2n) is 5.06. The van der Waals surface area contributed by atoms with Gasteiger partial charge in [-0.3, -0.25) is 0 Å². The second-order valence-corrected chi connectivity index (χ2v) is 7.91. The molecule has 0 radical (unpaired) electrons. The summed E-state index contributed by atoms with van der Waals surface area (Å²) in [7, 11) is -3.39. The molecule has 0 aromatic heterocycles. The van der Waals surface area contributed by atoms with Crippen molar-refractivity contribution in [3.8, 4) is 0 Å². The zero-order chi connectivity index (χ0) is 13.4. The molecule has 0 amide bonds. The molecule has 1 atom stereocenters. The van der Waals surface area contributed by atoms with Crippen LogP contribution in [0.3, 0.4) is 0 Å². The molecule has 1 aliphatic rings. The normalized spacial score (nSPS) is 24.2. The minimum absolute atomic E-state index is 0. The number of nitrogens with two attached hydrogens (primary N) is 1. The molecule has 1 aliphatic heterocycles. The van der Waals surface area contributed by atoms with Crippen LogP contribution in [0.5, 0.6) is 0 Å². The topological polar surface area (TPSA) is 63.4 Å². The van der Waals surface area contributed by atoms with Crippen molar-refractivity contribution in [1.82, 2.24) is 4.31 Å². The molecule has 1 aromatic carbocycles. The molecule has 1 fully saturated rings. The zero-order valence-corrected chi connectivity index (χ0v) is 13.9. The van der Waals surface area contributed by atoms with E-state index in [1.54, 1.807) is 18.2 Å². The summed E-state index contributed by atoms with van der Waals surface area (Å²) in [5, 5.41) is 0. The third-order valence-electron chi connectivity index (χ3n) is 3.45. The van der Waals surface area contributed by atoms with Gasteiger partial charge in [0.2, 0.25) is 10.0 Å². The molecule has 2 rings (SSSR count). The molecule has 19 heavy (non-hydrogen) atoms. The van der Waals surface area contributed by atoms with Crippen molar-refractivity contribution in [1.29, 1.82) is 0 Å². The Bertz CT molecular complexity index is 552. The summed E-state index contributed by atoms with van der Waals surface area (Å²) < 4.78 is 27.2. The lowest BCUT2D eigenvalue weighted by Gasteiger charge is -2.22. The van der Waals surface area contributed by atoms with Crippen LogP contribution in [-0.4, -0.2) is 32.4 Å². The van der Waals surface area contributed by atoms with Crippen molar-refractivity contribution in [2.75, 3.05) is 19.6 Å². The number of hydrogen-bond acceptors (Lipinski definition) is 3. The molecule has 1 unspecified atom stereocenters. The highest BCUT2D eigenvalue weighted by Gasteiger charge is 2.38. The molecule has 0 saturated carbocycles. The molecule has 0 spiro atoms. The van der Waals surface area contributed by atoms with Crippen LogP contribution >= 0.6 is 28.3 Å². The minimum atomic E-state index is -3.39. The first kappa shape index (κ1) is 16.9. The summed E-state index contributed by atoms with van der Waals surface area (Å²) in [6, 6.07) is 6.80. The van der Waals surface area contributed by atoms with Crippen LogP contribution in [0.25, 0.3) is 0 Å². The predicted molar refractivity (Wildman–Crippen MR) is 81.9 cm³/mol. The van der Waals surface area contributed by atoms with Gasteiger partial charge in [-0.05, 0) is 36.6 Å². The number of halogens is 2. The van der Waals surface area contributed by atoms with Crippen LogP contribution in [0.4, 0.5) is 0 Å². The van der Waals surface area contributed by atoms with Crippen molar-refractivity contribution in [2.45, 2.75) is 18.2 Å². The molecule has 0 bridgehead atoms. The van der Waals surface area contributed by atoms with Gasteiger partial charge in [-0.1, -0.05) is 28.9 Å². The van der Waals surface area contributed by atoms with Crippen LogP contribution in [0.15, 0.2) is 33.6 Å². The standard InChI is InChI=1S/C12H17BrN2O2S.ClH/c1-12(8-14)5-6-15(9-12)18(16,17)11-4-2-3-10(13)7-11;/h2-4,7H,5-6,8-9,14H2,1H3;1H. The van der Waals surface area contributed by atoms with E-state index in [4.69, 9.17) is 5.73 Å². The minimum Gasteiger partial charge on any atom is -0.330 e. The fourth-order valence-electron chi connectivity index (χ4n) is 2.13. The first-order valence-corrected chi connectivity index (χ1v) is 8.06. The van der Waals surface area contributed by atoms with E-state index in [1.165, 1.54) is 4.31 Å². The molecular formula is C12H18BrClN2O2S. The number of nitrogens with zero attached hydrogens (tertiary/aromatic N) is 1. The van der Waals surface area contributed by atoms with Gasteiger partial charge in [-0.25, -0.2) is 8.42 Å². The molecule has 7 heteroatoms. The Hall–Kier alpha value is -0.140. The van der Waals surface area contributed by atoms with E-state index < -0.39 is 10.0 Å². The van der Waals surface area contributed by atoms with Crippen molar-refractivity contribution >= 4 is 38.4 Å².